The molecule has 2 N–H and O–H groups in total. The van der Waals surface area contributed by atoms with Gasteiger partial charge >= 0.3 is 0 Å². The molecule has 0 aromatic carbocycles. The molecule has 0 spiro atoms. The van der Waals surface area contributed by atoms with Crippen LogP contribution in [0.15, 0.2) is 6.07 Å². The molecule has 0 aliphatic carbocycles. The number of aliphatic hydroxyl groups is 1. The highest BCUT2D eigenvalue weighted by molar-refractivity contribution is 7.18. The van der Waals surface area contributed by atoms with Crippen LogP contribution in [0.4, 0.5) is 11.8 Å². The lowest BCUT2D eigenvalue weighted by Gasteiger charge is -2.35. The van der Waals surface area contributed by atoms with Crippen molar-refractivity contribution >= 4 is 33.3 Å². The minimum Gasteiger partial charge on any atom is -0.394 e. The molecule has 2 heterocycles. The van der Waals surface area contributed by atoms with Crippen molar-refractivity contribution in [1.29, 1.82) is 0 Å². The number of anilines is 2. The highest BCUT2D eigenvalue weighted by atomic mass is 32.1. The van der Waals surface area contributed by atoms with Crippen molar-refractivity contribution in [3.8, 4) is 0 Å². The molecule has 20 heavy (non-hydrogen) atoms. The van der Waals surface area contributed by atoms with E-state index in [0.29, 0.717) is 5.95 Å². The highest BCUT2D eigenvalue weighted by Crippen LogP contribution is 2.33. The fourth-order valence-electron chi connectivity index (χ4n) is 1.91. The summed E-state index contributed by atoms with van der Waals surface area (Å²) >= 11 is 1.66. The van der Waals surface area contributed by atoms with E-state index < -0.39 is 0 Å². The second kappa shape index (κ2) is 5.54. The maximum atomic E-state index is 9.58. The Bertz CT molecular complexity index is 608. The first-order valence-electron chi connectivity index (χ1n) is 6.75. The predicted octanol–water partition coefficient (Wildman–Crippen LogP) is 2.64. The first-order valence-corrected chi connectivity index (χ1v) is 7.57. The van der Waals surface area contributed by atoms with Crippen LogP contribution in [0.1, 0.15) is 25.6 Å². The zero-order valence-corrected chi connectivity index (χ0v) is 13.5. The van der Waals surface area contributed by atoms with E-state index >= 15 is 0 Å². The Labute approximate surface area is 123 Å². The molecule has 2 rings (SSSR count). The quantitative estimate of drug-likeness (QED) is 0.887. The van der Waals surface area contributed by atoms with E-state index in [1.807, 2.05) is 32.7 Å². The SMILES string of the molecule is CCNc1nc(N(C)C(C)(C)CO)c2cc(C)sc2n1. The molecule has 0 atom stereocenters. The summed E-state index contributed by atoms with van der Waals surface area (Å²) in [6, 6.07) is 2.11. The average molecular weight is 294 g/mol. The van der Waals surface area contributed by atoms with Gasteiger partial charge in [0.25, 0.3) is 0 Å². The Balaban J connectivity index is 2.60. The Morgan fingerprint density at radius 3 is 2.70 bits per heavy atom. The molecule has 0 unspecified atom stereocenters. The minimum atomic E-state index is -0.374. The van der Waals surface area contributed by atoms with Gasteiger partial charge in [0, 0.05) is 18.5 Å². The topological polar surface area (TPSA) is 61.3 Å². The second-order valence-electron chi connectivity index (χ2n) is 5.51. The Morgan fingerprint density at radius 2 is 2.10 bits per heavy atom. The summed E-state index contributed by atoms with van der Waals surface area (Å²) in [4.78, 5) is 13.4. The van der Waals surface area contributed by atoms with Crippen molar-refractivity contribution in [3.05, 3.63) is 10.9 Å². The lowest BCUT2D eigenvalue weighted by molar-refractivity contribution is 0.216. The summed E-state index contributed by atoms with van der Waals surface area (Å²) in [5.41, 5.74) is -0.374. The Hall–Kier alpha value is -1.40. The molecule has 110 valence electrons. The van der Waals surface area contributed by atoms with E-state index in [1.54, 1.807) is 11.3 Å². The number of hydrogen-bond donors (Lipinski definition) is 2. The van der Waals surface area contributed by atoms with Gasteiger partial charge in [0.2, 0.25) is 5.95 Å². The van der Waals surface area contributed by atoms with Crippen molar-refractivity contribution < 1.29 is 5.11 Å². The summed E-state index contributed by atoms with van der Waals surface area (Å²) in [6.45, 7) is 8.92. The predicted molar refractivity (Wildman–Crippen MR) is 85.9 cm³/mol. The lowest BCUT2D eigenvalue weighted by atomic mass is 10.1. The summed E-state index contributed by atoms with van der Waals surface area (Å²) in [7, 11) is 1.96. The number of aliphatic hydroxyl groups excluding tert-OH is 1. The molecule has 2 aromatic rings. The molecular weight excluding hydrogens is 272 g/mol. The van der Waals surface area contributed by atoms with E-state index in [9.17, 15) is 5.11 Å². The number of thiophene rings is 1. The molecule has 0 saturated heterocycles. The molecule has 0 radical (unpaired) electrons. The fraction of sp³-hybridized carbons (Fsp3) is 0.571. The lowest BCUT2D eigenvalue weighted by Crippen LogP contribution is -2.45. The van der Waals surface area contributed by atoms with Crippen molar-refractivity contribution in [2.45, 2.75) is 33.2 Å². The van der Waals surface area contributed by atoms with Crippen LogP contribution in [-0.4, -0.2) is 40.8 Å². The minimum absolute atomic E-state index is 0.0641. The van der Waals surface area contributed by atoms with Gasteiger partial charge in [-0.25, -0.2) is 4.98 Å². The van der Waals surface area contributed by atoms with E-state index in [-0.39, 0.29) is 12.1 Å². The summed E-state index contributed by atoms with van der Waals surface area (Å²) in [5.74, 6) is 1.49. The summed E-state index contributed by atoms with van der Waals surface area (Å²) < 4.78 is 0. The normalized spacial score (nSPS) is 11.9. The standard InChI is InChI=1S/C14H22N4OS/c1-6-15-13-16-11(18(5)14(3,4)8-19)10-7-9(2)20-12(10)17-13/h7,19H,6,8H2,1-5H3,(H,15,16,17). The average Bonchev–Trinajstić information content (AvgIpc) is 2.77. The molecule has 0 aliphatic heterocycles. The van der Waals surface area contributed by atoms with E-state index in [2.05, 4.69) is 28.3 Å². The maximum Gasteiger partial charge on any atom is 0.226 e. The van der Waals surface area contributed by atoms with Crippen LogP contribution >= 0.6 is 11.3 Å². The monoisotopic (exact) mass is 294 g/mol. The number of nitrogens with one attached hydrogen (secondary N) is 1. The third kappa shape index (κ3) is 2.71. The van der Waals surface area contributed by atoms with Gasteiger partial charge in [-0.2, -0.15) is 4.98 Å². The highest BCUT2D eigenvalue weighted by Gasteiger charge is 2.26. The fourth-order valence-corrected chi connectivity index (χ4v) is 2.79. The van der Waals surface area contributed by atoms with Gasteiger partial charge in [-0.3, -0.25) is 0 Å². The van der Waals surface area contributed by atoms with Crippen molar-refractivity contribution in [2.24, 2.45) is 0 Å². The summed E-state index contributed by atoms with van der Waals surface area (Å²) in [6.07, 6.45) is 0. The van der Waals surface area contributed by atoms with Crippen LogP contribution in [0.5, 0.6) is 0 Å². The molecule has 0 amide bonds. The molecule has 0 bridgehead atoms. The zero-order chi connectivity index (χ0) is 14.9. The van der Waals surface area contributed by atoms with E-state index in [1.165, 1.54) is 4.88 Å². The number of hydrogen-bond acceptors (Lipinski definition) is 6. The van der Waals surface area contributed by atoms with E-state index in [4.69, 9.17) is 0 Å². The summed E-state index contributed by atoms with van der Waals surface area (Å²) in [5, 5.41) is 13.8. The Kier molecular flexibility index (Phi) is 4.15. The number of likely N-dealkylation sites (N-methyl/N-ethyl adjacent to an activating group) is 1. The first-order chi connectivity index (χ1) is 9.39. The van der Waals surface area contributed by atoms with Crippen LogP contribution in [0.25, 0.3) is 10.2 Å². The van der Waals surface area contributed by atoms with Crippen LogP contribution in [0, 0.1) is 6.92 Å². The number of nitrogens with zero attached hydrogens (tertiary/aromatic N) is 3. The molecule has 2 aromatic heterocycles. The van der Waals surface area contributed by atoms with Crippen molar-refractivity contribution in [2.75, 3.05) is 30.4 Å². The zero-order valence-electron chi connectivity index (χ0n) is 12.7. The number of aromatic nitrogens is 2. The van der Waals surface area contributed by atoms with Gasteiger partial charge < -0.3 is 15.3 Å². The van der Waals surface area contributed by atoms with Crippen LogP contribution in [0.3, 0.4) is 0 Å². The number of fused-ring (bicyclic) bond motifs is 1. The van der Waals surface area contributed by atoms with Gasteiger partial charge in [-0.05, 0) is 33.8 Å². The maximum absolute atomic E-state index is 9.58. The number of aryl methyl sites for hydroxylation is 1. The van der Waals surface area contributed by atoms with Gasteiger partial charge in [0.1, 0.15) is 10.6 Å². The van der Waals surface area contributed by atoms with Crippen molar-refractivity contribution in [3.63, 3.8) is 0 Å². The van der Waals surface area contributed by atoms with Gasteiger partial charge in [0.05, 0.1) is 17.5 Å². The Morgan fingerprint density at radius 1 is 1.40 bits per heavy atom. The third-order valence-corrected chi connectivity index (χ3v) is 4.39. The molecule has 0 saturated carbocycles. The number of rotatable bonds is 5. The van der Waals surface area contributed by atoms with Crippen LogP contribution in [-0.2, 0) is 0 Å². The van der Waals surface area contributed by atoms with E-state index in [0.717, 1.165) is 22.6 Å². The molecule has 0 fully saturated rings. The molecule has 5 nitrogen and oxygen atoms in total. The molecule has 0 aliphatic rings. The smallest absolute Gasteiger partial charge is 0.226 e. The van der Waals surface area contributed by atoms with Gasteiger partial charge in [-0.1, -0.05) is 0 Å². The second-order valence-corrected chi connectivity index (χ2v) is 6.74. The third-order valence-electron chi connectivity index (χ3n) is 3.44. The van der Waals surface area contributed by atoms with Crippen LogP contribution in [0.2, 0.25) is 0 Å². The van der Waals surface area contributed by atoms with Crippen LogP contribution < -0.4 is 10.2 Å². The molecule has 6 heteroatoms. The largest absolute Gasteiger partial charge is 0.394 e. The van der Waals surface area contributed by atoms with Gasteiger partial charge in [0.15, 0.2) is 0 Å². The van der Waals surface area contributed by atoms with Gasteiger partial charge in [-0.15, -0.1) is 11.3 Å². The first kappa shape index (κ1) is 15.0. The molecular formula is C14H22N4OS. The van der Waals surface area contributed by atoms with Crippen molar-refractivity contribution in [1.82, 2.24) is 9.97 Å².